The van der Waals surface area contributed by atoms with E-state index in [-0.39, 0.29) is 22.4 Å². The number of carbonyl (C=O) groups is 1. The number of carbonyl (C=O) groups excluding carboxylic acids is 1. The summed E-state index contributed by atoms with van der Waals surface area (Å²) in [4.78, 5) is 12.0. The van der Waals surface area contributed by atoms with Crippen LogP contribution in [0.5, 0.6) is 0 Å². The van der Waals surface area contributed by atoms with Crippen molar-refractivity contribution in [1.29, 1.82) is 0 Å². The second kappa shape index (κ2) is 5.91. The molecule has 3 rings (SSSR count). The van der Waals surface area contributed by atoms with Crippen molar-refractivity contribution >= 4 is 34.9 Å². The number of hydrogen-bond acceptors (Lipinski definition) is 5. The van der Waals surface area contributed by atoms with Gasteiger partial charge in [-0.3, -0.25) is 4.79 Å². The molecule has 2 heterocycles. The number of ketones is 1. The molecule has 1 aliphatic heterocycles. The van der Waals surface area contributed by atoms with Crippen molar-refractivity contribution in [3.8, 4) is 0 Å². The minimum atomic E-state index is -0.174. The maximum Gasteiger partial charge on any atom is 0.173 e. The summed E-state index contributed by atoms with van der Waals surface area (Å²) in [6, 6.07) is 9.68. The molecule has 0 unspecified atom stereocenters. The van der Waals surface area contributed by atoms with Crippen LogP contribution in [0, 0.1) is 0 Å². The second-order valence-electron chi connectivity index (χ2n) is 4.57. The minimum Gasteiger partial charge on any atom is -0.504 e. The number of thioether (sulfide) groups is 1. The lowest BCUT2D eigenvalue weighted by molar-refractivity contribution is -0.114. The third kappa shape index (κ3) is 2.82. The van der Waals surface area contributed by atoms with Gasteiger partial charge in [0.1, 0.15) is 0 Å². The molecule has 0 saturated carbocycles. The van der Waals surface area contributed by atoms with Crippen molar-refractivity contribution in [2.75, 3.05) is 5.75 Å². The summed E-state index contributed by atoms with van der Waals surface area (Å²) in [7, 11) is 0. The Hall–Kier alpha value is -1.79. The molecule has 21 heavy (non-hydrogen) atoms. The molecule has 0 radical (unpaired) electrons. The van der Waals surface area contributed by atoms with Gasteiger partial charge in [0.15, 0.2) is 22.4 Å². The first-order valence-corrected chi connectivity index (χ1v) is 7.75. The van der Waals surface area contributed by atoms with Gasteiger partial charge in [-0.05, 0) is 5.56 Å². The Kier molecular flexibility index (Phi) is 3.98. The standard InChI is InChI=1S/C14H12ClN3O2S/c15-14-11(12(20)13-10(19)6-7-21-13)16-17-18(14)8-9-4-2-1-3-5-9/h1-5,20H,6-8H2. The topological polar surface area (TPSA) is 68.0 Å². The number of halogens is 1. The fraction of sp³-hybridized carbons (Fsp3) is 0.214. The number of aliphatic hydroxyl groups excluding tert-OH is 1. The molecule has 108 valence electrons. The van der Waals surface area contributed by atoms with Crippen LogP contribution in [0.15, 0.2) is 35.2 Å². The zero-order valence-electron chi connectivity index (χ0n) is 11.0. The number of allylic oxidation sites excluding steroid dienone is 1. The molecule has 7 heteroatoms. The van der Waals surface area contributed by atoms with Crippen molar-refractivity contribution in [3.63, 3.8) is 0 Å². The van der Waals surface area contributed by atoms with Crippen LogP contribution in [0.2, 0.25) is 5.15 Å². The molecule has 0 aliphatic carbocycles. The summed E-state index contributed by atoms with van der Waals surface area (Å²) in [5.41, 5.74) is 1.18. The van der Waals surface area contributed by atoms with Crippen LogP contribution >= 0.6 is 23.4 Å². The lowest BCUT2D eigenvalue weighted by atomic mass is 10.2. The molecule has 0 spiro atoms. The molecule has 1 saturated heterocycles. The van der Waals surface area contributed by atoms with Crippen molar-refractivity contribution in [1.82, 2.24) is 15.0 Å². The normalized spacial score (nSPS) is 17.3. The highest BCUT2D eigenvalue weighted by molar-refractivity contribution is 8.04. The molecule has 0 bridgehead atoms. The Morgan fingerprint density at radius 1 is 1.38 bits per heavy atom. The van der Waals surface area contributed by atoms with E-state index in [0.29, 0.717) is 23.6 Å². The fourth-order valence-electron chi connectivity index (χ4n) is 2.05. The molecule has 0 atom stereocenters. The van der Waals surface area contributed by atoms with Gasteiger partial charge in [0.25, 0.3) is 0 Å². The van der Waals surface area contributed by atoms with E-state index in [1.165, 1.54) is 16.4 Å². The second-order valence-corrected chi connectivity index (χ2v) is 6.03. The first kappa shape index (κ1) is 14.2. The van der Waals surface area contributed by atoms with Gasteiger partial charge in [0, 0.05) is 12.2 Å². The number of nitrogens with zero attached hydrogens (tertiary/aromatic N) is 3. The summed E-state index contributed by atoms with van der Waals surface area (Å²) in [5.74, 6) is 0.423. The zero-order valence-corrected chi connectivity index (χ0v) is 12.6. The maximum absolute atomic E-state index is 11.7. The van der Waals surface area contributed by atoms with E-state index in [1.807, 2.05) is 30.3 Å². The van der Waals surface area contributed by atoms with E-state index in [4.69, 9.17) is 11.6 Å². The maximum atomic E-state index is 11.7. The third-order valence-corrected chi connectivity index (χ3v) is 4.61. The van der Waals surface area contributed by atoms with Crippen molar-refractivity contribution in [3.05, 3.63) is 51.6 Å². The highest BCUT2D eigenvalue weighted by atomic mass is 35.5. The predicted molar refractivity (Wildman–Crippen MR) is 82.2 cm³/mol. The van der Waals surface area contributed by atoms with Crippen LogP contribution < -0.4 is 0 Å². The first-order chi connectivity index (χ1) is 10.2. The number of Topliss-reactive ketones (excluding diaryl/α,β-unsaturated/α-hetero) is 1. The van der Waals surface area contributed by atoms with Gasteiger partial charge in [-0.1, -0.05) is 47.1 Å². The summed E-state index contributed by atoms with van der Waals surface area (Å²) in [6.07, 6.45) is 0.430. The van der Waals surface area contributed by atoms with Crippen LogP contribution in [0.3, 0.4) is 0 Å². The van der Waals surface area contributed by atoms with Crippen LogP contribution in [0.4, 0.5) is 0 Å². The average molecular weight is 322 g/mol. The Morgan fingerprint density at radius 2 is 2.14 bits per heavy atom. The fourth-order valence-corrected chi connectivity index (χ4v) is 3.26. The Labute approximate surface area is 130 Å². The molecular formula is C14H12ClN3O2S. The number of benzene rings is 1. The van der Waals surface area contributed by atoms with Gasteiger partial charge in [-0.15, -0.1) is 16.9 Å². The molecule has 1 N–H and O–H groups in total. The van der Waals surface area contributed by atoms with E-state index in [1.54, 1.807) is 0 Å². The van der Waals surface area contributed by atoms with E-state index in [2.05, 4.69) is 10.3 Å². The highest BCUT2D eigenvalue weighted by Crippen LogP contribution is 2.34. The molecule has 1 aromatic heterocycles. The van der Waals surface area contributed by atoms with E-state index >= 15 is 0 Å². The van der Waals surface area contributed by atoms with Gasteiger partial charge < -0.3 is 5.11 Å². The molecule has 1 aliphatic rings. The Balaban J connectivity index is 1.91. The number of rotatable bonds is 3. The van der Waals surface area contributed by atoms with Gasteiger partial charge in [0.05, 0.1) is 11.4 Å². The van der Waals surface area contributed by atoms with Gasteiger partial charge in [-0.2, -0.15) is 0 Å². The Bertz CT molecular complexity index is 712. The quantitative estimate of drug-likeness (QED) is 0.695. The summed E-state index contributed by atoms with van der Waals surface area (Å²) < 4.78 is 1.49. The van der Waals surface area contributed by atoms with Gasteiger partial charge >= 0.3 is 0 Å². The SMILES string of the molecule is O=C1CCSC1=C(O)c1nnn(Cc2ccccc2)c1Cl. The number of aliphatic hydroxyl groups is 1. The number of aromatic nitrogens is 3. The Morgan fingerprint density at radius 3 is 2.81 bits per heavy atom. The van der Waals surface area contributed by atoms with Gasteiger partial charge in [-0.25, -0.2) is 4.68 Å². The predicted octanol–water partition coefficient (Wildman–Crippen LogP) is 2.91. The van der Waals surface area contributed by atoms with Gasteiger partial charge in [0.2, 0.25) is 0 Å². The summed E-state index contributed by atoms with van der Waals surface area (Å²) in [6.45, 7) is 0.455. The highest BCUT2D eigenvalue weighted by Gasteiger charge is 2.26. The summed E-state index contributed by atoms with van der Waals surface area (Å²) >= 11 is 7.54. The van der Waals surface area contributed by atoms with Crippen LogP contribution in [-0.4, -0.2) is 31.6 Å². The lowest BCUT2D eigenvalue weighted by Gasteiger charge is -2.03. The van der Waals surface area contributed by atoms with Crippen LogP contribution in [-0.2, 0) is 11.3 Å². The smallest absolute Gasteiger partial charge is 0.173 e. The lowest BCUT2D eigenvalue weighted by Crippen LogP contribution is -2.02. The average Bonchev–Trinajstić information content (AvgIpc) is 3.07. The monoisotopic (exact) mass is 321 g/mol. The number of hydrogen-bond donors (Lipinski definition) is 1. The van der Waals surface area contributed by atoms with Crippen molar-refractivity contribution < 1.29 is 9.90 Å². The largest absolute Gasteiger partial charge is 0.504 e. The zero-order chi connectivity index (χ0) is 14.8. The van der Waals surface area contributed by atoms with E-state index < -0.39 is 0 Å². The first-order valence-electron chi connectivity index (χ1n) is 6.39. The van der Waals surface area contributed by atoms with E-state index in [9.17, 15) is 9.90 Å². The third-order valence-electron chi connectivity index (χ3n) is 3.12. The van der Waals surface area contributed by atoms with E-state index in [0.717, 1.165) is 5.56 Å². The molecule has 1 aromatic carbocycles. The minimum absolute atomic E-state index is 0.0776. The van der Waals surface area contributed by atoms with Crippen molar-refractivity contribution in [2.45, 2.75) is 13.0 Å². The molecule has 2 aromatic rings. The van der Waals surface area contributed by atoms with Crippen LogP contribution in [0.1, 0.15) is 17.7 Å². The summed E-state index contributed by atoms with van der Waals surface area (Å²) in [5, 5.41) is 18.3. The van der Waals surface area contributed by atoms with Crippen molar-refractivity contribution in [2.24, 2.45) is 0 Å². The molecule has 5 nitrogen and oxygen atoms in total. The molecule has 0 amide bonds. The van der Waals surface area contributed by atoms with Crippen LogP contribution in [0.25, 0.3) is 5.76 Å². The molecule has 1 fully saturated rings. The molecular weight excluding hydrogens is 310 g/mol.